The molecule has 0 fully saturated rings. The van der Waals surface area contributed by atoms with Gasteiger partial charge >= 0.3 is 5.97 Å². The summed E-state index contributed by atoms with van der Waals surface area (Å²) in [5.41, 5.74) is 1.44. The first-order valence-corrected chi connectivity index (χ1v) is 5.44. The van der Waals surface area contributed by atoms with Crippen LogP contribution in [0, 0.1) is 0 Å². The molecular weight excluding hydrogens is 248 g/mol. The second-order valence-electron chi connectivity index (χ2n) is 3.80. The second-order valence-corrected chi connectivity index (χ2v) is 3.80. The Morgan fingerprint density at radius 1 is 1.16 bits per heavy atom. The van der Waals surface area contributed by atoms with Crippen molar-refractivity contribution in [2.45, 2.75) is 0 Å². The quantitative estimate of drug-likeness (QED) is 0.774. The summed E-state index contributed by atoms with van der Waals surface area (Å²) in [6.07, 6.45) is 3.07. The minimum atomic E-state index is -1.12. The van der Waals surface area contributed by atoms with E-state index in [0.717, 1.165) is 11.1 Å². The molecule has 2 aromatic heterocycles. The number of rotatable bonds is 3. The maximum absolute atomic E-state index is 10.7. The Hall–Kier alpha value is -2.89. The van der Waals surface area contributed by atoms with Crippen LogP contribution in [-0.4, -0.2) is 21.2 Å². The van der Waals surface area contributed by atoms with Crippen LogP contribution < -0.4 is 0 Å². The van der Waals surface area contributed by atoms with Crippen molar-refractivity contribution < 1.29 is 18.8 Å². The Morgan fingerprint density at radius 3 is 2.47 bits per heavy atom. The van der Waals surface area contributed by atoms with Crippen LogP contribution in [0.2, 0.25) is 0 Å². The standard InChI is InChI=1S/C13H8N2O4/c16-13(17)10-7-11(19-15-10)8-1-3-9(4-2-8)12-14-5-6-18-12/h1-7H,(H,16,17). The highest BCUT2D eigenvalue weighted by Crippen LogP contribution is 2.24. The average molecular weight is 256 g/mol. The van der Waals surface area contributed by atoms with E-state index in [1.54, 1.807) is 18.3 Å². The van der Waals surface area contributed by atoms with E-state index < -0.39 is 5.97 Å². The highest BCUT2D eigenvalue weighted by atomic mass is 16.5. The van der Waals surface area contributed by atoms with E-state index >= 15 is 0 Å². The largest absolute Gasteiger partial charge is 0.476 e. The third-order valence-corrected chi connectivity index (χ3v) is 2.58. The molecule has 0 spiro atoms. The van der Waals surface area contributed by atoms with Gasteiger partial charge in [-0.3, -0.25) is 0 Å². The molecule has 6 heteroatoms. The van der Waals surface area contributed by atoms with Gasteiger partial charge in [0, 0.05) is 17.2 Å². The van der Waals surface area contributed by atoms with Crippen LogP contribution in [0.5, 0.6) is 0 Å². The maximum Gasteiger partial charge on any atom is 0.358 e. The molecule has 0 radical (unpaired) electrons. The number of carbonyl (C=O) groups is 1. The van der Waals surface area contributed by atoms with Gasteiger partial charge in [-0.1, -0.05) is 17.3 Å². The molecule has 0 aliphatic carbocycles. The first-order chi connectivity index (χ1) is 9.24. The lowest BCUT2D eigenvalue weighted by Crippen LogP contribution is -1.94. The minimum absolute atomic E-state index is 0.119. The fourth-order valence-corrected chi connectivity index (χ4v) is 1.66. The maximum atomic E-state index is 10.7. The smallest absolute Gasteiger partial charge is 0.358 e. The van der Waals surface area contributed by atoms with Gasteiger partial charge in [-0.25, -0.2) is 9.78 Å². The van der Waals surface area contributed by atoms with Gasteiger partial charge in [0.2, 0.25) is 5.89 Å². The molecule has 6 nitrogen and oxygen atoms in total. The number of hydrogen-bond donors (Lipinski definition) is 1. The van der Waals surface area contributed by atoms with Crippen LogP contribution in [0.15, 0.2) is 51.7 Å². The lowest BCUT2D eigenvalue weighted by Gasteiger charge is -1.97. The van der Waals surface area contributed by atoms with Crippen LogP contribution in [0.3, 0.4) is 0 Å². The number of oxazole rings is 1. The Kier molecular flexibility index (Phi) is 2.60. The summed E-state index contributed by atoms with van der Waals surface area (Å²) in [6, 6.07) is 8.56. The summed E-state index contributed by atoms with van der Waals surface area (Å²) in [6.45, 7) is 0. The molecule has 0 atom stereocenters. The Balaban J connectivity index is 1.91. The van der Waals surface area contributed by atoms with Crippen molar-refractivity contribution >= 4 is 5.97 Å². The summed E-state index contributed by atoms with van der Waals surface area (Å²) in [7, 11) is 0. The van der Waals surface area contributed by atoms with Crippen LogP contribution in [0.4, 0.5) is 0 Å². The highest BCUT2D eigenvalue weighted by molar-refractivity contribution is 5.86. The van der Waals surface area contributed by atoms with Crippen molar-refractivity contribution in [1.82, 2.24) is 10.1 Å². The normalized spacial score (nSPS) is 10.5. The molecule has 0 amide bonds. The van der Waals surface area contributed by atoms with E-state index in [9.17, 15) is 4.79 Å². The number of nitrogens with zero attached hydrogens (tertiary/aromatic N) is 2. The summed E-state index contributed by atoms with van der Waals surface area (Å²) in [5, 5.41) is 12.2. The minimum Gasteiger partial charge on any atom is -0.476 e. The first kappa shape index (κ1) is 11.2. The number of hydrogen-bond acceptors (Lipinski definition) is 5. The van der Waals surface area contributed by atoms with Crippen molar-refractivity contribution in [2.24, 2.45) is 0 Å². The van der Waals surface area contributed by atoms with Crippen LogP contribution in [-0.2, 0) is 0 Å². The zero-order valence-corrected chi connectivity index (χ0v) is 9.61. The van der Waals surface area contributed by atoms with E-state index in [1.165, 1.54) is 12.3 Å². The van der Waals surface area contributed by atoms with E-state index in [-0.39, 0.29) is 5.69 Å². The molecule has 2 heterocycles. The van der Waals surface area contributed by atoms with Crippen molar-refractivity contribution in [3.05, 3.63) is 48.5 Å². The molecule has 94 valence electrons. The third kappa shape index (κ3) is 2.11. The highest BCUT2D eigenvalue weighted by Gasteiger charge is 2.12. The third-order valence-electron chi connectivity index (χ3n) is 2.58. The predicted molar refractivity (Wildman–Crippen MR) is 64.4 cm³/mol. The molecule has 3 aromatic rings. The van der Waals surface area contributed by atoms with Crippen molar-refractivity contribution in [3.63, 3.8) is 0 Å². The van der Waals surface area contributed by atoms with E-state index in [4.69, 9.17) is 14.0 Å². The molecular formula is C13H8N2O4. The topological polar surface area (TPSA) is 89.4 Å². The van der Waals surface area contributed by atoms with Gasteiger partial charge in [0.15, 0.2) is 11.5 Å². The summed E-state index contributed by atoms with van der Waals surface area (Å²) < 4.78 is 10.1. The van der Waals surface area contributed by atoms with Crippen molar-refractivity contribution in [1.29, 1.82) is 0 Å². The second kappa shape index (κ2) is 4.41. The first-order valence-electron chi connectivity index (χ1n) is 5.44. The van der Waals surface area contributed by atoms with E-state index in [1.807, 2.05) is 12.1 Å². The lowest BCUT2D eigenvalue weighted by atomic mass is 10.1. The number of aromatic nitrogens is 2. The van der Waals surface area contributed by atoms with Crippen molar-refractivity contribution in [2.75, 3.05) is 0 Å². The molecule has 0 bridgehead atoms. The molecule has 0 saturated heterocycles. The monoisotopic (exact) mass is 256 g/mol. The van der Waals surface area contributed by atoms with Gasteiger partial charge in [0.25, 0.3) is 0 Å². The van der Waals surface area contributed by atoms with Gasteiger partial charge in [-0.05, 0) is 12.1 Å². The fourth-order valence-electron chi connectivity index (χ4n) is 1.66. The molecule has 0 unspecified atom stereocenters. The van der Waals surface area contributed by atoms with Gasteiger partial charge in [-0.2, -0.15) is 0 Å². The van der Waals surface area contributed by atoms with Gasteiger partial charge in [0.1, 0.15) is 6.26 Å². The predicted octanol–water partition coefficient (Wildman–Crippen LogP) is 2.69. The van der Waals surface area contributed by atoms with Crippen LogP contribution in [0.25, 0.3) is 22.8 Å². The number of aromatic carboxylic acids is 1. The number of carboxylic acids is 1. The van der Waals surface area contributed by atoms with Crippen molar-refractivity contribution in [3.8, 4) is 22.8 Å². The van der Waals surface area contributed by atoms with Crippen LogP contribution >= 0.6 is 0 Å². The molecule has 0 saturated carbocycles. The Labute approximate surface area is 107 Å². The molecule has 1 N–H and O–H groups in total. The fraction of sp³-hybridized carbons (Fsp3) is 0. The Morgan fingerprint density at radius 2 is 1.89 bits per heavy atom. The lowest BCUT2D eigenvalue weighted by molar-refractivity contribution is 0.0686. The molecule has 1 aromatic carbocycles. The number of carboxylic acid groups (broad SMARTS) is 1. The Bertz CT molecular complexity index is 699. The van der Waals surface area contributed by atoms with Gasteiger partial charge < -0.3 is 14.0 Å². The zero-order valence-electron chi connectivity index (χ0n) is 9.61. The SMILES string of the molecule is O=C(O)c1cc(-c2ccc(-c3ncco3)cc2)on1. The van der Waals surface area contributed by atoms with Gasteiger partial charge in [0.05, 0.1) is 6.20 Å². The summed E-state index contributed by atoms with van der Waals surface area (Å²) in [5.74, 6) is -0.196. The summed E-state index contributed by atoms with van der Waals surface area (Å²) >= 11 is 0. The van der Waals surface area contributed by atoms with Gasteiger partial charge in [-0.15, -0.1) is 0 Å². The number of benzene rings is 1. The molecule has 3 rings (SSSR count). The molecule has 0 aliphatic heterocycles. The average Bonchev–Trinajstić information content (AvgIpc) is 3.11. The zero-order chi connectivity index (χ0) is 13.2. The van der Waals surface area contributed by atoms with Crippen LogP contribution in [0.1, 0.15) is 10.5 Å². The van der Waals surface area contributed by atoms with E-state index in [2.05, 4.69) is 10.1 Å². The summed E-state index contributed by atoms with van der Waals surface area (Å²) in [4.78, 5) is 14.7. The molecule has 0 aliphatic rings. The molecule has 19 heavy (non-hydrogen) atoms. The van der Waals surface area contributed by atoms with E-state index in [0.29, 0.717) is 11.7 Å².